The van der Waals surface area contributed by atoms with E-state index in [1.807, 2.05) is 0 Å². The molecule has 0 aliphatic carbocycles. The molecule has 0 unspecified atom stereocenters. The van der Waals surface area contributed by atoms with Crippen LogP contribution in [0.15, 0.2) is 48.9 Å². The summed E-state index contributed by atoms with van der Waals surface area (Å²) in [5.74, 6) is -0.623. The topological polar surface area (TPSA) is 97.6 Å². The molecule has 1 amide bonds. The van der Waals surface area contributed by atoms with Crippen molar-refractivity contribution in [1.82, 2.24) is 30.5 Å². The predicted octanol–water partition coefficient (Wildman–Crippen LogP) is 1.92. The second-order valence-electron chi connectivity index (χ2n) is 5.38. The summed E-state index contributed by atoms with van der Waals surface area (Å²) in [5.41, 5.74) is 0.239. The maximum absolute atomic E-state index is 12.9. The monoisotopic (exact) mass is 377 g/mol. The van der Waals surface area contributed by atoms with Crippen LogP contribution in [-0.4, -0.2) is 44.2 Å². The van der Waals surface area contributed by atoms with Crippen molar-refractivity contribution in [1.29, 1.82) is 0 Å². The number of amides is 1. The van der Waals surface area contributed by atoms with Crippen LogP contribution in [0.4, 0.5) is 19.0 Å². The number of halogens is 3. The summed E-state index contributed by atoms with van der Waals surface area (Å²) >= 11 is 0. The van der Waals surface area contributed by atoms with Crippen LogP contribution in [0.3, 0.4) is 0 Å². The molecule has 27 heavy (non-hydrogen) atoms. The van der Waals surface area contributed by atoms with Gasteiger partial charge in [0.25, 0.3) is 5.91 Å². The van der Waals surface area contributed by atoms with Gasteiger partial charge in [-0.25, -0.2) is 9.67 Å². The van der Waals surface area contributed by atoms with Crippen LogP contribution in [0.25, 0.3) is 5.69 Å². The van der Waals surface area contributed by atoms with Crippen LogP contribution in [0.2, 0.25) is 0 Å². The highest BCUT2D eigenvalue weighted by Crippen LogP contribution is 2.33. The normalized spacial score (nSPS) is 11.2. The van der Waals surface area contributed by atoms with Crippen molar-refractivity contribution in [3.8, 4) is 5.69 Å². The molecule has 3 rings (SSSR count). The van der Waals surface area contributed by atoms with E-state index >= 15 is 0 Å². The average Bonchev–Trinajstić information content (AvgIpc) is 3.19. The third kappa shape index (κ3) is 4.57. The van der Waals surface area contributed by atoms with E-state index in [2.05, 4.69) is 31.1 Å². The van der Waals surface area contributed by atoms with Gasteiger partial charge in [0.1, 0.15) is 12.1 Å². The van der Waals surface area contributed by atoms with Crippen molar-refractivity contribution in [3.05, 3.63) is 60.0 Å². The zero-order chi connectivity index (χ0) is 19.3. The van der Waals surface area contributed by atoms with Crippen molar-refractivity contribution in [3.63, 3.8) is 0 Å². The van der Waals surface area contributed by atoms with Gasteiger partial charge >= 0.3 is 6.18 Å². The molecule has 0 bridgehead atoms. The Hall–Kier alpha value is -3.50. The molecule has 2 N–H and O–H groups in total. The van der Waals surface area contributed by atoms with Crippen molar-refractivity contribution in [2.75, 3.05) is 18.4 Å². The summed E-state index contributed by atoms with van der Waals surface area (Å²) in [6.45, 7) is 0.218. The zero-order valence-corrected chi connectivity index (χ0v) is 13.8. The molecule has 0 aliphatic heterocycles. The van der Waals surface area contributed by atoms with Crippen molar-refractivity contribution < 1.29 is 18.0 Å². The number of tetrazole rings is 1. The maximum atomic E-state index is 12.9. The Kier molecular flexibility index (Phi) is 5.29. The Morgan fingerprint density at radius 2 is 1.89 bits per heavy atom. The molecule has 0 atom stereocenters. The highest BCUT2D eigenvalue weighted by atomic mass is 19.4. The zero-order valence-electron chi connectivity index (χ0n) is 13.8. The lowest BCUT2D eigenvalue weighted by molar-refractivity contribution is -0.137. The van der Waals surface area contributed by atoms with Gasteiger partial charge in [-0.2, -0.15) is 13.2 Å². The number of nitrogens with one attached hydrogen (secondary N) is 2. The predicted molar refractivity (Wildman–Crippen MR) is 89.2 cm³/mol. The first kappa shape index (κ1) is 18.3. The first-order valence-corrected chi connectivity index (χ1v) is 7.83. The molecule has 0 aliphatic rings. The van der Waals surface area contributed by atoms with E-state index in [1.165, 1.54) is 23.3 Å². The first-order chi connectivity index (χ1) is 12.9. The standard InChI is InChI=1S/C16H14F3N7O/c17-16(18,19)13-2-1-7-20-14(13)21-8-9-22-15(27)11-3-5-12(6-4-11)26-10-23-24-25-26/h1-7,10H,8-9H2,(H,20,21)(H,22,27). The molecule has 1 aromatic carbocycles. The van der Waals surface area contributed by atoms with Crippen LogP contribution in [0.1, 0.15) is 15.9 Å². The summed E-state index contributed by atoms with van der Waals surface area (Å²) in [6, 6.07) is 8.70. The maximum Gasteiger partial charge on any atom is 0.419 e. The Morgan fingerprint density at radius 1 is 1.11 bits per heavy atom. The first-order valence-electron chi connectivity index (χ1n) is 7.83. The smallest absolute Gasteiger partial charge is 0.368 e. The quantitative estimate of drug-likeness (QED) is 0.637. The molecule has 0 spiro atoms. The number of benzene rings is 1. The van der Waals surface area contributed by atoms with Gasteiger partial charge in [-0.05, 0) is 46.8 Å². The fourth-order valence-electron chi connectivity index (χ4n) is 2.28. The highest BCUT2D eigenvalue weighted by Gasteiger charge is 2.33. The van der Waals surface area contributed by atoms with E-state index in [9.17, 15) is 18.0 Å². The Labute approximate surface area is 151 Å². The minimum absolute atomic E-state index is 0.0918. The second kappa shape index (κ2) is 7.81. The largest absolute Gasteiger partial charge is 0.419 e. The van der Waals surface area contributed by atoms with Crippen molar-refractivity contribution in [2.45, 2.75) is 6.18 Å². The molecule has 11 heteroatoms. The van der Waals surface area contributed by atoms with Gasteiger partial charge in [-0.3, -0.25) is 4.79 Å². The third-order valence-electron chi connectivity index (χ3n) is 3.56. The van der Waals surface area contributed by atoms with E-state index in [0.29, 0.717) is 11.3 Å². The van der Waals surface area contributed by atoms with Crippen molar-refractivity contribution >= 4 is 11.7 Å². The SMILES string of the molecule is O=C(NCCNc1ncccc1C(F)(F)F)c1ccc(-n2cnnn2)cc1. The molecule has 0 fully saturated rings. The summed E-state index contributed by atoms with van der Waals surface area (Å²) < 4.78 is 40.1. The Bertz CT molecular complexity index is 895. The molecule has 0 saturated heterocycles. The number of pyridine rings is 1. The van der Waals surface area contributed by atoms with Gasteiger partial charge in [-0.15, -0.1) is 5.10 Å². The minimum atomic E-state index is -4.50. The third-order valence-corrected chi connectivity index (χ3v) is 3.56. The van der Waals surface area contributed by atoms with E-state index in [0.717, 1.165) is 6.07 Å². The van der Waals surface area contributed by atoms with Gasteiger partial charge in [0.2, 0.25) is 0 Å². The summed E-state index contributed by atoms with van der Waals surface area (Å²) in [7, 11) is 0. The molecule has 140 valence electrons. The van der Waals surface area contributed by atoms with Crippen LogP contribution < -0.4 is 10.6 Å². The number of carbonyl (C=O) groups excluding carboxylic acids is 1. The van der Waals surface area contributed by atoms with Gasteiger partial charge < -0.3 is 10.6 Å². The molecule has 2 heterocycles. The van der Waals surface area contributed by atoms with Gasteiger partial charge in [0, 0.05) is 24.8 Å². The minimum Gasteiger partial charge on any atom is -0.368 e. The number of nitrogens with zero attached hydrogens (tertiary/aromatic N) is 5. The van der Waals surface area contributed by atoms with Crippen molar-refractivity contribution in [2.24, 2.45) is 0 Å². The van der Waals surface area contributed by atoms with Gasteiger partial charge in [-0.1, -0.05) is 0 Å². The van der Waals surface area contributed by atoms with Gasteiger partial charge in [0.05, 0.1) is 11.3 Å². The number of alkyl halides is 3. The summed E-state index contributed by atoms with van der Waals surface area (Å²) in [4.78, 5) is 15.8. The van der Waals surface area contributed by atoms with E-state index in [-0.39, 0.29) is 24.8 Å². The van der Waals surface area contributed by atoms with Crippen LogP contribution >= 0.6 is 0 Å². The number of hydrogen-bond acceptors (Lipinski definition) is 6. The molecular formula is C16H14F3N7O. The van der Waals surface area contributed by atoms with Crippen LogP contribution in [0.5, 0.6) is 0 Å². The van der Waals surface area contributed by atoms with Gasteiger partial charge in [0.15, 0.2) is 0 Å². The van der Waals surface area contributed by atoms with Crippen LogP contribution in [-0.2, 0) is 6.18 Å². The number of carbonyl (C=O) groups is 1. The highest BCUT2D eigenvalue weighted by molar-refractivity contribution is 5.94. The number of aromatic nitrogens is 5. The molecule has 2 aromatic heterocycles. The Balaban J connectivity index is 1.52. The second-order valence-corrected chi connectivity index (χ2v) is 5.38. The molecule has 8 nitrogen and oxygen atoms in total. The number of rotatable bonds is 6. The number of hydrogen-bond donors (Lipinski definition) is 2. The fraction of sp³-hybridized carbons (Fsp3) is 0.188. The molecular weight excluding hydrogens is 363 g/mol. The Morgan fingerprint density at radius 3 is 2.56 bits per heavy atom. The molecule has 3 aromatic rings. The average molecular weight is 377 g/mol. The van der Waals surface area contributed by atoms with Crippen LogP contribution in [0, 0.1) is 0 Å². The fourth-order valence-corrected chi connectivity index (χ4v) is 2.28. The van der Waals surface area contributed by atoms with E-state index < -0.39 is 11.7 Å². The summed E-state index contributed by atoms with van der Waals surface area (Å²) in [6.07, 6.45) is -1.81. The summed E-state index contributed by atoms with van der Waals surface area (Å²) in [5, 5.41) is 16.0. The van der Waals surface area contributed by atoms with E-state index in [1.54, 1.807) is 24.3 Å². The molecule has 0 radical (unpaired) electrons. The number of anilines is 1. The van der Waals surface area contributed by atoms with E-state index in [4.69, 9.17) is 0 Å². The molecule has 0 saturated carbocycles. The lowest BCUT2D eigenvalue weighted by Crippen LogP contribution is -2.29. The lowest BCUT2D eigenvalue weighted by atomic mass is 10.2. The lowest BCUT2D eigenvalue weighted by Gasteiger charge is -2.13.